The van der Waals surface area contributed by atoms with Crippen LogP contribution in [0.4, 0.5) is 18.9 Å². The van der Waals surface area contributed by atoms with Crippen molar-refractivity contribution in [3.63, 3.8) is 0 Å². The van der Waals surface area contributed by atoms with E-state index in [1.165, 1.54) is 0 Å². The molecular formula is C7H6F3N. The van der Waals surface area contributed by atoms with E-state index in [0.717, 1.165) is 19.2 Å². The van der Waals surface area contributed by atoms with Gasteiger partial charge in [-0.25, -0.2) is 13.9 Å². The van der Waals surface area contributed by atoms with Crippen LogP contribution < -0.4 is 5.12 Å². The molecule has 1 aromatic rings. The fraction of sp³-hybridized carbons (Fsp3) is 0.143. The van der Waals surface area contributed by atoms with Crippen molar-refractivity contribution in [1.82, 2.24) is 0 Å². The maximum atomic E-state index is 12.6. The van der Waals surface area contributed by atoms with E-state index in [4.69, 9.17) is 0 Å². The van der Waals surface area contributed by atoms with Gasteiger partial charge in [-0.05, 0) is 12.1 Å². The van der Waals surface area contributed by atoms with Crippen molar-refractivity contribution in [2.75, 3.05) is 12.2 Å². The Morgan fingerprint density at radius 2 is 1.91 bits per heavy atom. The maximum absolute atomic E-state index is 12.6. The summed E-state index contributed by atoms with van der Waals surface area (Å²) in [6, 6.07) is 2.66. The molecule has 0 aliphatic heterocycles. The highest BCUT2D eigenvalue weighted by Gasteiger charge is 2.06. The van der Waals surface area contributed by atoms with E-state index in [1.807, 2.05) is 0 Å². The molecule has 0 amide bonds. The lowest BCUT2D eigenvalue weighted by Gasteiger charge is -2.06. The normalized spacial score (nSPS) is 9.82. The standard InChI is InChI=1S/C7H6F3N/c1-11(10)7-3-2-5(8)4-6(7)9/h2-4H,1H3. The summed E-state index contributed by atoms with van der Waals surface area (Å²) < 4.78 is 37.1. The van der Waals surface area contributed by atoms with Crippen molar-refractivity contribution in [2.45, 2.75) is 0 Å². The summed E-state index contributed by atoms with van der Waals surface area (Å²) in [4.78, 5) is 0. The zero-order chi connectivity index (χ0) is 8.43. The molecular weight excluding hydrogens is 155 g/mol. The fourth-order valence-corrected chi connectivity index (χ4v) is 0.731. The smallest absolute Gasteiger partial charge is 0.152 e. The molecule has 1 aromatic carbocycles. The molecule has 60 valence electrons. The van der Waals surface area contributed by atoms with Gasteiger partial charge >= 0.3 is 0 Å². The van der Waals surface area contributed by atoms with Gasteiger partial charge in [0.2, 0.25) is 0 Å². The fourth-order valence-electron chi connectivity index (χ4n) is 0.731. The molecule has 0 aliphatic rings. The topological polar surface area (TPSA) is 3.24 Å². The first-order chi connectivity index (χ1) is 5.11. The molecule has 1 nitrogen and oxygen atoms in total. The quantitative estimate of drug-likeness (QED) is 0.571. The molecule has 1 rings (SSSR count). The Bertz CT molecular complexity index is 260. The van der Waals surface area contributed by atoms with Gasteiger partial charge in [0, 0.05) is 13.1 Å². The zero-order valence-electron chi connectivity index (χ0n) is 5.81. The molecule has 0 atom stereocenters. The van der Waals surface area contributed by atoms with Crippen molar-refractivity contribution in [2.24, 2.45) is 0 Å². The van der Waals surface area contributed by atoms with Crippen molar-refractivity contribution < 1.29 is 13.3 Å². The van der Waals surface area contributed by atoms with Gasteiger partial charge in [0.1, 0.15) is 11.5 Å². The van der Waals surface area contributed by atoms with E-state index in [9.17, 15) is 13.3 Å². The lowest BCUT2D eigenvalue weighted by atomic mass is 10.3. The van der Waals surface area contributed by atoms with E-state index in [-0.39, 0.29) is 10.8 Å². The van der Waals surface area contributed by atoms with Crippen LogP contribution in [0.2, 0.25) is 0 Å². The van der Waals surface area contributed by atoms with Crippen LogP contribution in [0.15, 0.2) is 18.2 Å². The van der Waals surface area contributed by atoms with Crippen LogP contribution in [-0.4, -0.2) is 7.05 Å². The Hall–Kier alpha value is -1.19. The molecule has 0 spiro atoms. The maximum Gasteiger partial charge on any atom is 0.152 e. The molecule has 0 bridgehead atoms. The second-order valence-electron chi connectivity index (χ2n) is 2.07. The number of halogens is 3. The summed E-state index contributed by atoms with van der Waals surface area (Å²) in [6.07, 6.45) is 0. The average molecular weight is 161 g/mol. The van der Waals surface area contributed by atoms with E-state index in [2.05, 4.69) is 0 Å². The molecule has 0 saturated heterocycles. The van der Waals surface area contributed by atoms with Crippen molar-refractivity contribution >= 4 is 5.69 Å². The van der Waals surface area contributed by atoms with Crippen LogP contribution >= 0.6 is 0 Å². The molecule has 0 saturated carbocycles. The molecule has 0 fully saturated rings. The van der Waals surface area contributed by atoms with E-state index >= 15 is 0 Å². The predicted molar refractivity (Wildman–Crippen MR) is 35.9 cm³/mol. The number of hydrogen-bond donors (Lipinski definition) is 0. The number of anilines is 1. The Morgan fingerprint density at radius 3 is 2.36 bits per heavy atom. The highest BCUT2D eigenvalue weighted by atomic mass is 19.2. The van der Waals surface area contributed by atoms with Gasteiger partial charge in [-0.15, -0.1) is 4.48 Å². The Morgan fingerprint density at radius 1 is 1.27 bits per heavy atom. The Labute approximate surface area is 62.0 Å². The van der Waals surface area contributed by atoms with Crippen molar-refractivity contribution in [1.29, 1.82) is 0 Å². The summed E-state index contributed by atoms with van der Waals surface area (Å²) in [5.41, 5.74) is -0.272. The van der Waals surface area contributed by atoms with E-state index in [0.29, 0.717) is 6.07 Å². The van der Waals surface area contributed by atoms with Gasteiger partial charge in [0.05, 0.1) is 0 Å². The minimum atomic E-state index is -0.907. The van der Waals surface area contributed by atoms with Gasteiger partial charge in [-0.2, -0.15) is 0 Å². The SMILES string of the molecule is CN(F)c1ccc(F)cc1F. The van der Waals surface area contributed by atoms with E-state index in [1.54, 1.807) is 0 Å². The third-order valence-corrected chi connectivity index (χ3v) is 1.24. The molecule has 0 unspecified atom stereocenters. The minimum Gasteiger partial charge on any atom is -0.212 e. The number of benzene rings is 1. The summed E-state index contributed by atoms with van der Waals surface area (Å²) in [7, 11) is 1.04. The number of hydrogen-bond acceptors (Lipinski definition) is 1. The summed E-state index contributed by atoms with van der Waals surface area (Å²) in [6.45, 7) is 0. The van der Waals surface area contributed by atoms with Gasteiger partial charge < -0.3 is 0 Å². The minimum absolute atomic E-state index is 0.0920. The van der Waals surface area contributed by atoms with Gasteiger partial charge in [-0.3, -0.25) is 0 Å². The third kappa shape index (κ3) is 1.63. The van der Waals surface area contributed by atoms with Gasteiger partial charge in [0.25, 0.3) is 0 Å². The van der Waals surface area contributed by atoms with Crippen molar-refractivity contribution in [3.05, 3.63) is 29.8 Å². The lowest BCUT2D eigenvalue weighted by Crippen LogP contribution is -2.04. The second kappa shape index (κ2) is 2.82. The number of nitrogens with zero attached hydrogens (tertiary/aromatic N) is 1. The average Bonchev–Trinajstić information content (AvgIpc) is 1.85. The zero-order valence-corrected chi connectivity index (χ0v) is 5.81. The van der Waals surface area contributed by atoms with Crippen LogP contribution in [-0.2, 0) is 0 Å². The number of rotatable bonds is 1. The Kier molecular flexibility index (Phi) is 2.03. The molecule has 0 N–H and O–H groups in total. The molecule has 0 heterocycles. The molecule has 0 aliphatic carbocycles. The van der Waals surface area contributed by atoms with Gasteiger partial charge in [0.15, 0.2) is 5.82 Å². The molecule has 0 radical (unpaired) electrons. The van der Waals surface area contributed by atoms with Gasteiger partial charge in [-0.1, -0.05) is 0 Å². The highest BCUT2D eigenvalue weighted by Crippen LogP contribution is 2.18. The lowest BCUT2D eigenvalue weighted by molar-refractivity contribution is 0.460. The van der Waals surface area contributed by atoms with Crippen LogP contribution in [0.5, 0.6) is 0 Å². The second-order valence-corrected chi connectivity index (χ2v) is 2.07. The van der Waals surface area contributed by atoms with Crippen molar-refractivity contribution in [3.8, 4) is 0 Å². The van der Waals surface area contributed by atoms with E-state index < -0.39 is 11.6 Å². The molecule has 11 heavy (non-hydrogen) atoms. The Balaban J connectivity index is 3.09. The summed E-state index contributed by atoms with van der Waals surface area (Å²) in [5, 5.41) is 0.0920. The molecule has 0 aromatic heterocycles. The summed E-state index contributed by atoms with van der Waals surface area (Å²) in [5.74, 6) is -1.62. The largest absolute Gasteiger partial charge is 0.212 e. The van der Waals surface area contributed by atoms with Crippen LogP contribution in [0.25, 0.3) is 0 Å². The summed E-state index contributed by atoms with van der Waals surface area (Å²) >= 11 is 0. The first-order valence-corrected chi connectivity index (χ1v) is 2.96. The predicted octanol–water partition coefficient (Wildman–Crippen LogP) is 2.29. The monoisotopic (exact) mass is 161 g/mol. The van der Waals surface area contributed by atoms with Crippen LogP contribution in [0.3, 0.4) is 0 Å². The third-order valence-electron chi connectivity index (χ3n) is 1.24. The van der Waals surface area contributed by atoms with Crippen LogP contribution in [0, 0.1) is 11.6 Å². The first-order valence-electron chi connectivity index (χ1n) is 2.96. The van der Waals surface area contributed by atoms with Crippen LogP contribution in [0.1, 0.15) is 0 Å². The first kappa shape index (κ1) is 7.91. The molecule has 4 heteroatoms. The highest BCUT2D eigenvalue weighted by molar-refractivity contribution is 5.44.